The molecule has 1 atom stereocenters. The van der Waals surface area contributed by atoms with Crippen LogP contribution in [-0.4, -0.2) is 42.3 Å². The zero-order valence-corrected chi connectivity index (χ0v) is 16.8. The topological polar surface area (TPSA) is 67.9 Å². The van der Waals surface area contributed by atoms with Gasteiger partial charge in [-0.1, -0.05) is 17.7 Å². The Hall–Kier alpha value is -2.25. The number of nitrogens with one attached hydrogen (secondary N) is 1. The Morgan fingerprint density at radius 3 is 2.52 bits per heavy atom. The van der Waals surface area contributed by atoms with Crippen LogP contribution in [0.3, 0.4) is 0 Å². The van der Waals surface area contributed by atoms with Crippen molar-refractivity contribution in [3.05, 3.63) is 48.0 Å². The minimum Gasteiger partial charge on any atom is -0.497 e. The maximum atomic E-state index is 12.7. The van der Waals surface area contributed by atoms with Gasteiger partial charge in [0.25, 0.3) is 0 Å². The van der Waals surface area contributed by atoms with Crippen molar-refractivity contribution in [1.29, 1.82) is 0 Å². The van der Waals surface area contributed by atoms with E-state index in [9.17, 15) is 8.42 Å². The molecule has 27 heavy (non-hydrogen) atoms. The van der Waals surface area contributed by atoms with E-state index in [-0.39, 0.29) is 16.6 Å². The number of benzene rings is 2. The van der Waals surface area contributed by atoms with Gasteiger partial charge >= 0.3 is 0 Å². The Labute approximate surface area is 161 Å². The smallest absolute Gasteiger partial charge is 0.244 e. The van der Waals surface area contributed by atoms with Crippen LogP contribution in [0.25, 0.3) is 0 Å². The molecule has 0 aromatic heterocycles. The molecule has 146 valence electrons. The van der Waals surface area contributed by atoms with Crippen LogP contribution in [0.5, 0.6) is 11.5 Å². The van der Waals surface area contributed by atoms with E-state index in [2.05, 4.69) is 40.8 Å². The van der Waals surface area contributed by atoms with Gasteiger partial charge in [0.2, 0.25) is 10.0 Å². The largest absolute Gasteiger partial charge is 0.497 e. The predicted octanol–water partition coefficient (Wildman–Crippen LogP) is 2.82. The highest BCUT2D eigenvalue weighted by atomic mass is 32.2. The lowest BCUT2D eigenvalue weighted by Gasteiger charge is -2.19. The van der Waals surface area contributed by atoms with Gasteiger partial charge in [-0.05, 0) is 43.5 Å². The van der Waals surface area contributed by atoms with Crippen LogP contribution in [0, 0.1) is 12.8 Å². The minimum atomic E-state index is -3.65. The van der Waals surface area contributed by atoms with Crippen LogP contribution >= 0.6 is 0 Å². The van der Waals surface area contributed by atoms with Gasteiger partial charge in [-0.2, -0.15) is 0 Å². The first-order valence-electron chi connectivity index (χ1n) is 8.96. The van der Waals surface area contributed by atoms with Crippen molar-refractivity contribution in [3.8, 4) is 11.5 Å². The fraction of sp³-hybridized carbons (Fsp3) is 0.400. The Morgan fingerprint density at radius 2 is 1.85 bits per heavy atom. The summed E-state index contributed by atoms with van der Waals surface area (Å²) in [5.74, 6) is 1.09. The van der Waals surface area contributed by atoms with Crippen LogP contribution in [-0.2, 0) is 10.0 Å². The molecule has 0 spiro atoms. The van der Waals surface area contributed by atoms with Gasteiger partial charge in [0.1, 0.15) is 16.4 Å². The molecule has 6 nitrogen and oxygen atoms in total. The number of sulfonamides is 1. The van der Waals surface area contributed by atoms with Crippen LogP contribution in [0.1, 0.15) is 12.0 Å². The Bertz CT molecular complexity index is 881. The zero-order valence-electron chi connectivity index (χ0n) is 15.9. The zero-order chi connectivity index (χ0) is 19.4. The Balaban J connectivity index is 1.63. The normalized spacial score (nSPS) is 17.1. The summed E-state index contributed by atoms with van der Waals surface area (Å²) in [4.78, 5) is 2.42. The molecule has 0 bridgehead atoms. The summed E-state index contributed by atoms with van der Waals surface area (Å²) in [5.41, 5.74) is 2.42. The number of aryl methyl sites for hydroxylation is 1. The SMILES string of the molecule is COc1ccc(S(=O)(=O)NCC2CCN(c3ccc(C)cc3)C2)c(OC)c1. The van der Waals surface area contributed by atoms with E-state index in [1.807, 2.05) is 0 Å². The molecule has 0 amide bonds. The van der Waals surface area contributed by atoms with Crippen LogP contribution in [0.2, 0.25) is 0 Å². The van der Waals surface area contributed by atoms with Gasteiger partial charge in [-0.3, -0.25) is 0 Å². The molecule has 1 aliphatic rings. The summed E-state index contributed by atoms with van der Waals surface area (Å²) in [6.07, 6.45) is 0.955. The van der Waals surface area contributed by atoms with Crippen LogP contribution in [0.15, 0.2) is 47.4 Å². The van der Waals surface area contributed by atoms with E-state index in [0.29, 0.717) is 12.3 Å². The molecule has 2 aromatic rings. The number of rotatable bonds is 7. The molecule has 2 aromatic carbocycles. The average molecular weight is 391 g/mol. The Morgan fingerprint density at radius 1 is 1.11 bits per heavy atom. The standard InChI is InChI=1S/C20H26N2O4S/c1-15-4-6-17(7-5-15)22-11-10-16(14-22)13-21-27(23,24)20-9-8-18(25-2)12-19(20)26-3/h4-9,12,16,21H,10-11,13-14H2,1-3H3. The second kappa shape index (κ2) is 8.19. The lowest BCUT2D eigenvalue weighted by atomic mass is 10.1. The summed E-state index contributed by atoms with van der Waals surface area (Å²) in [7, 11) is -0.675. The molecular formula is C20H26N2O4S. The fourth-order valence-corrected chi connectivity index (χ4v) is 4.56. The molecular weight excluding hydrogens is 364 g/mol. The van der Waals surface area contributed by atoms with Crippen LogP contribution < -0.4 is 19.1 Å². The van der Waals surface area contributed by atoms with Crippen molar-refractivity contribution in [1.82, 2.24) is 4.72 Å². The second-order valence-electron chi connectivity index (χ2n) is 6.80. The third kappa shape index (κ3) is 4.54. The van der Waals surface area contributed by atoms with Gasteiger partial charge in [-0.25, -0.2) is 13.1 Å². The monoisotopic (exact) mass is 390 g/mol. The first-order valence-corrected chi connectivity index (χ1v) is 10.4. The van der Waals surface area contributed by atoms with Crippen molar-refractivity contribution >= 4 is 15.7 Å². The second-order valence-corrected chi connectivity index (χ2v) is 8.54. The van der Waals surface area contributed by atoms with E-state index in [4.69, 9.17) is 9.47 Å². The molecule has 1 N–H and O–H groups in total. The number of hydrogen-bond acceptors (Lipinski definition) is 5. The molecule has 0 radical (unpaired) electrons. The highest BCUT2D eigenvalue weighted by Crippen LogP contribution is 2.29. The molecule has 1 aliphatic heterocycles. The maximum Gasteiger partial charge on any atom is 0.244 e. The number of nitrogens with zero attached hydrogens (tertiary/aromatic N) is 1. The summed E-state index contributed by atoms with van der Waals surface area (Å²) in [5, 5.41) is 0. The number of methoxy groups -OCH3 is 2. The van der Waals surface area contributed by atoms with E-state index in [1.165, 1.54) is 31.5 Å². The van der Waals surface area contributed by atoms with E-state index in [0.717, 1.165) is 19.5 Å². The van der Waals surface area contributed by atoms with Gasteiger partial charge in [-0.15, -0.1) is 0 Å². The molecule has 1 heterocycles. The summed E-state index contributed by atoms with van der Waals surface area (Å²) >= 11 is 0. The lowest BCUT2D eigenvalue weighted by molar-refractivity contribution is 0.385. The van der Waals surface area contributed by atoms with Crippen molar-refractivity contribution in [3.63, 3.8) is 0 Å². The first kappa shape index (κ1) is 19.5. The van der Waals surface area contributed by atoms with Crippen LogP contribution in [0.4, 0.5) is 5.69 Å². The van der Waals surface area contributed by atoms with Crippen molar-refractivity contribution in [2.24, 2.45) is 5.92 Å². The third-order valence-corrected chi connectivity index (χ3v) is 6.37. The quantitative estimate of drug-likeness (QED) is 0.787. The van der Waals surface area contributed by atoms with E-state index >= 15 is 0 Å². The highest BCUT2D eigenvalue weighted by Gasteiger charge is 2.26. The Kier molecular flexibility index (Phi) is 5.92. The first-order chi connectivity index (χ1) is 12.9. The molecule has 7 heteroatoms. The predicted molar refractivity (Wildman–Crippen MR) is 106 cm³/mol. The lowest BCUT2D eigenvalue weighted by Crippen LogP contribution is -2.31. The third-order valence-electron chi connectivity index (χ3n) is 4.91. The molecule has 3 rings (SSSR count). The van der Waals surface area contributed by atoms with E-state index < -0.39 is 10.0 Å². The van der Waals surface area contributed by atoms with Crippen molar-refractivity contribution in [2.45, 2.75) is 18.2 Å². The fourth-order valence-electron chi connectivity index (χ4n) is 3.29. The number of ether oxygens (including phenoxy) is 2. The minimum absolute atomic E-state index is 0.124. The summed E-state index contributed by atoms with van der Waals surface area (Å²) < 4.78 is 38.5. The maximum absolute atomic E-state index is 12.7. The molecule has 0 aliphatic carbocycles. The van der Waals surface area contributed by atoms with E-state index in [1.54, 1.807) is 12.1 Å². The van der Waals surface area contributed by atoms with Gasteiger partial charge in [0, 0.05) is 31.4 Å². The average Bonchev–Trinajstić information content (AvgIpc) is 3.15. The molecule has 1 fully saturated rings. The van der Waals surface area contributed by atoms with Crippen molar-refractivity contribution < 1.29 is 17.9 Å². The summed E-state index contributed by atoms with van der Waals surface area (Å²) in [6.45, 7) is 4.24. The molecule has 1 unspecified atom stereocenters. The van der Waals surface area contributed by atoms with Gasteiger partial charge in [0.05, 0.1) is 14.2 Å². The van der Waals surface area contributed by atoms with Gasteiger partial charge in [0.15, 0.2) is 0 Å². The van der Waals surface area contributed by atoms with Gasteiger partial charge < -0.3 is 14.4 Å². The molecule has 0 saturated carbocycles. The number of anilines is 1. The highest BCUT2D eigenvalue weighted by molar-refractivity contribution is 7.89. The van der Waals surface area contributed by atoms with Crippen molar-refractivity contribution in [2.75, 3.05) is 38.8 Å². The molecule has 1 saturated heterocycles. The summed E-state index contributed by atoms with van der Waals surface area (Å²) in [6, 6.07) is 13.1. The number of hydrogen-bond donors (Lipinski definition) is 1.